The molecule has 0 aliphatic rings. The topological polar surface area (TPSA) is 105 Å². The van der Waals surface area contributed by atoms with Crippen LogP contribution in [0.25, 0.3) is 27.6 Å². The van der Waals surface area contributed by atoms with Crippen molar-refractivity contribution in [3.05, 3.63) is 99.6 Å². The van der Waals surface area contributed by atoms with Crippen molar-refractivity contribution in [2.24, 2.45) is 0 Å². The molecule has 6 rings (SSSR count). The number of hydrogen-bond donors (Lipinski definition) is 4. The van der Waals surface area contributed by atoms with Gasteiger partial charge in [-0.3, -0.25) is 4.79 Å². The summed E-state index contributed by atoms with van der Waals surface area (Å²) < 4.78 is 1.52. The van der Waals surface area contributed by atoms with E-state index in [4.69, 9.17) is 28.9 Å². The van der Waals surface area contributed by atoms with Crippen molar-refractivity contribution < 1.29 is 4.79 Å². The fourth-order valence-electron chi connectivity index (χ4n) is 3.97. The lowest BCUT2D eigenvalue weighted by Crippen LogP contribution is -2.07. The van der Waals surface area contributed by atoms with E-state index in [1.165, 1.54) is 16.4 Å². The number of rotatable bonds is 3. The number of H-pyrrole nitrogens is 2. The van der Waals surface area contributed by atoms with Crippen LogP contribution in [0.5, 0.6) is 0 Å². The fourth-order valence-corrected chi connectivity index (χ4v) is 4.67. The number of aryl methyl sites for hydroxylation is 2. The number of aromatic nitrogens is 5. The number of carbonyl (C=O) groups excluding carboxylic acids is 1. The minimum Gasteiger partial charge on any atom is -0.383 e. The van der Waals surface area contributed by atoms with Crippen LogP contribution < -0.4 is 5.73 Å². The maximum Gasteiger partial charge on any atom is 0.214 e. The van der Waals surface area contributed by atoms with Gasteiger partial charge in [-0.2, -0.15) is 5.10 Å². The van der Waals surface area contributed by atoms with E-state index in [1.807, 2.05) is 49.4 Å². The van der Waals surface area contributed by atoms with E-state index in [0.29, 0.717) is 32.2 Å². The van der Waals surface area contributed by atoms with Gasteiger partial charge in [-0.1, -0.05) is 40.9 Å². The largest absolute Gasteiger partial charge is 0.383 e. The molecule has 0 saturated heterocycles. The Labute approximate surface area is 228 Å². The molecule has 0 amide bonds. The summed E-state index contributed by atoms with van der Waals surface area (Å²) in [5.74, 6) is 0.781. The number of fused-ring (bicyclic) bond motifs is 2. The first-order valence-corrected chi connectivity index (χ1v) is 12.5. The summed E-state index contributed by atoms with van der Waals surface area (Å²) in [5.41, 5.74) is 11.3. The molecule has 7 nitrogen and oxygen atoms in total. The summed E-state index contributed by atoms with van der Waals surface area (Å²) in [6.07, 6.45) is 1.46. The summed E-state index contributed by atoms with van der Waals surface area (Å²) in [4.78, 5) is 24.7. The highest BCUT2D eigenvalue weighted by Crippen LogP contribution is 2.30. The number of nitrogens with two attached hydrogens (primary N) is 1. The highest BCUT2D eigenvalue weighted by atomic mass is 35.5. The van der Waals surface area contributed by atoms with Gasteiger partial charge in [-0.15, -0.1) is 12.6 Å². The van der Waals surface area contributed by atoms with Crippen LogP contribution in [0.3, 0.4) is 0 Å². The zero-order valence-corrected chi connectivity index (χ0v) is 22.3. The number of imidazole rings is 1. The molecule has 6 aromatic rings. The first-order valence-electron chi connectivity index (χ1n) is 11.3. The van der Waals surface area contributed by atoms with Crippen LogP contribution in [0.1, 0.15) is 27.4 Å². The maximum atomic E-state index is 13.0. The van der Waals surface area contributed by atoms with E-state index in [9.17, 15) is 4.79 Å². The van der Waals surface area contributed by atoms with Gasteiger partial charge in [0.15, 0.2) is 0 Å². The zero-order valence-electron chi connectivity index (χ0n) is 19.9. The molecular formula is C27H22Cl2N6OS. The number of nitrogens with one attached hydrogen (secondary N) is 2. The molecule has 0 radical (unpaired) electrons. The second-order valence-corrected chi connectivity index (χ2v) is 9.94. The van der Waals surface area contributed by atoms with Gasteiger partial charge in [-0.05, 0) is 62.4 Å². The Morgan fingerprint density at radius 2 is 1.73 bits per heavy atom. The Morgan fingerprint density at radius 3 is 2.46 bits per heavy atom. The lowest BCUT2D eigenvalue weighted by atomic mass is 10.1. The SMILES string of the molecule is Cc1ccc(S)cc1.Cc1nc2ccc(-n3ncc(C(=O)c4cc5c(Cl)cc(Cl)cc5[nH]4)c3N)cc2[nH]1. The highest BCUT2D eigenvalue weighted by molar-refractivity contribution is 7.80. The molecule has 0 unspecified atom stereocenters. The molecule has 186 valence electrons. The summed E-state index contributed by atoms with van der Waals surface area (Å²) >= 11 is 16.4. The Morgan fingerprint density at radius 1 is 0.973 bits per heavy atom. The number of ketones is 1. The first-order chi connectivity index (χ1) is 17.7. The van der Waals surface area contributed by atoms with Crippen molar-refractivity contribution in [2.75, 3.05) is 5.73 Å². The van der Waals surface area contributed by atoms with E-state index in [1.54, 1.807) is 18.2 Å². The Bertz CT molecular complexity index is 1750. The predicted molar refractivity (Wildman–Crippen MR) is 153 cm³/mol. The maximum absolute atomic E-state index is 13.0. The van der Waals surface area contributed by atoms with Crippen molar-refractivity contribution in [2.45, 2.75) is 18.7 Å². The summed E-state index contributed by atoms with van der Waals surface area (Å²) in [5, 5.41) is 5.97. The molecule has 0 saturated carbocycles. The molecule has 3 aromatic heterocycles. The quantitative estimate of drug-likeness (QED) is 0.142. The lowest BCUT2D eigenvalue weighted by molar-refractivity contribution is 0.103. The third kappa shape index (κ3) is 5.09. The molecule has 0 aliphatic heterocycles. The van der Waals surface area contributed by atoms with Crippen LogP contribution >= 0.6 is 35.8 Å². The van der Waals surface area contributed by atoms with Crippen LogP contribution in [-0.2, 0) is 0 Å². The molecule has 4 N–H and O–H groups in total. The number of nitrogen functional groups attached to an aromatic ring is 1. The van der Waals surface area contributed by atoms with E-state index in [2.05, 4.69) is 39.6 Å². The number of nitrogens with zero attached hydrogens (tertiary/aromatic N) is 3. The highest BCUT2D eigenvalue weighted by Gasteiger charge is 2.20. The second-order valence-electron chi connectivity index (χ2n) is 8.58. The average molecular weight is 549 g/mol. The van der Waals surface area contributed by atoms with Crippen molar-refractivity contribution >= 4 is 69.4 Å². The van der Waals surface area contributed by atoms with Crippen LogP contribution in [-0.4, -0.2) is 30.5 Å². The lowest BCUT2D eigenvalue weighted by Gasteiger charge is -2.05. The van der Waals surface area contributed by atoms with Gasteiger partial charge in [0.05, 0.1) is 39.2 Å². The number of aromatic amines is 2. The van der Waals surface area contributed by atoms with Gasteiger partial charge >= 0.3 is 0 Å². The molecule has 0 aliphatic carbocycles. The third-order valence-electron chi connectivity index (χ3n) is 5.81. The molecule has 0 atom stereocenters. The van der Waals surface area contributed by atoms with Gasteiger partial charge in [0, 0.05) is 20.8 Å². The van der Waals surface area contributed by atoms with Crippen molar-refractivity contribution in [1.29, 1.82) is 0 Å². The van der Waals surface area contributed by atoms with Crippen molar-refractivity contribution in [3.63, 3.8) is 0 Å². The summed E-state index contributed by atoms with van der Waals surface area (Å²) in [6.45, 7) is 3.95. The number of benzene rings is 3. The van der Waals surface area contributed by atoms with E-state index in [-0.39, 0.29) is 11.6 Å². The number of hydrogen-bond acceptors (Lipinski definition) is 5. The zero-order chi connectivity index (χ0) is 26.3. The Kier molecular flexibility index (Phi) is 6.72. The van der Waals surface area contributed by atoms with E-state index in [0.717, 1.165) is 27.4 Å². The van der Waals surface area contributed by atoms with Crippen LogP contribution in [0.4, 0.5) is 5.82 Å². The number of thiol groups is 1. The van der Waals surface area contributed by atoms with Crippen molar-refractivity contribution in [1.82, 2.24) is 24.7 Å². The molecule has 3 heterocycles. The molecule has 10 heteroatoms. The molecule has 0 fully saturated rings. The normalized spacial score (nSPS) is 11.1. The smallest absolute Gasteiger partial charge is 0.214 e. The molecule has 0 spiro atoms. The standard InChI is InChI=1S/C20H14Cl2N6O.C7H8S/c1-9-25-15-3-2-11(6-17(15)26-9)28-20(23)13(8-24-28)19(29)18-7-12-14(22)4-10(21)5-16(12)27-18;1-6-2-4-7(8)5-3-6/h2-8,27H,23H2,1H3,(H,25,26);2-5,8H,1H3. The van der Waals surface area contributed by atoms with Gasteiger partial charge in [-0.25, -0.2) is 9.67 Å². The van der Waals surface area contributed by atoms with Crippen LogP contribution in [0, 0.1) is 13.8 Å². The van der Waals surface area contributed by atoms with Crippen LogP contribution in [0.2, 0.25) is 10.0 Å². The van der Waals surface area contributed by atoms with E-state index < -0.39 is 0 Å². The number of carbonyl (C=O) groups is 1. The van der Waals surface area contributed by atoms with Crippen LogP contribution in [0.15, 0.2) is 71.8 Å². The summed E-state index contributed by atoms with van der Waals surface area (Å²) in [6, 6.07) is 18.7. The Hall–Kier alpha value is -3.72. The van der Waals surface area contributed by atoms with Gasteiger partial charge in [0.2, 0.25) is 5.78 Å². The summed E-state index contributed by atoms with van der Waals surface area (Å²) in [7, 11) is 0. The number of halogens is 2. The predicted octanol–water partition coefficient (Wildman–Crippen LogP) is 6.94. The van der Waals surface area contributed by atoms with Crippen molar-refractivity contribution in [3.8, 4) is 5.69 Å². The minimum atomic E-state index is -0.282. The van der Waals surface area contributed by atoms with Gasteiger partial charge in [0.25, 0.3) is 0 Å². The minimum absolute atomic E-state index is 0.244. The van der Waals surface area contributed by atoms with Gasteiger partial charge in [0.1, 0.15) is 11.6 Å². The van der Waals surface area contributed by atoms with Gasteiger partial charge < -0.3 is 15.7 Å². The second kappa shape index (κ2) is 9.97. The fraction of sp³-hybridized carbons (Fsp3) is 0.0741. The molecule has 37 heavy (non-hydrogen) atoms. The van der Waals surface area contributed by atoms with E-state index >= 15 is 0 Å². The molecule has 3 aromatic carbocycles. The number of anilines is 1. The average Bonchev–Trinajstić information content (AvgIpc) is 3.56. The molecule has 0 bridgehead atoms. The third-order valence-corrected chi connectivity index (χ3v) is 6.64. The molecular weight excluding hydrogens is 527 g/mol. The monoisotopic (exact) mass is 548 g/mol. The first kappa shape index (κ1) is 25.0. The Balaban J connectivity index is 0.000000301.